The van der Waals surface area contributed by atoms with E-state index in [0.717, 1.165) is 24.3 Å². The molecule has 7 heteroatoms. The Bertz CT molecular complexity index is 819. The zero-order valence-electron chi connectivity index (χ0n) is 15.3. The molecule has 0 saturated heterocycles. The summed E-state index contributed by atoms with van der Waals surface area (Å²) in [6.07, 6.45) is 6.13. The van der Waals surface area contributed by atoms with Gasteiger partial charge in [0.1, 0.15) is 0 Å². The van der Waals surface area contributed by atoms with Gasteiger partial charge in [0.25, 0.3) is 0 Å². The minimum Gasteiger partial charge on any atom is -0.378 e. The molecular formula is C19H23N7. The summed E-state index contributed by atoms with van der Waals surface area (Å²) in [5.74, 6) is 1.26. The van der Waals surface area contributed by atoms with E-state index < -0.39 is 0 Å². The van der Waals surface area contributed by atoms with Gasteiger partial charge in [0.05, 0.1) is 6.20 Å². The third-order valence-electron chi connectivity index (χ3n) is 4.03. The second-order valence-electron chi connectivity index (χ2n) is 6.23. The highest BCUT2D eigenvalue weighted by Gasteiger charge is 2.07. The van der Waals surface area contributed by atoms with Crippen molar-refractivity contribution in [3.05, 3.63) is 60.6 Å². The summed E-state index contributed by atoms with van der Waals surface area (Å²) in [5.41, 5.74) is 3.34. The second-order valence-corrected chi connectivity index (χ2v) is 6.23. The van der Waals surface area contributed by atoms with Crippen LogP contribution in [-0.4, -0.2) is 47.9 Å². The van der Waals surface area contributed by atoms with Crippen molar-refractivity contribution in [2.24, 2.45) is 0 Å². The fraction of sp³-hybridized carbons (Fsp3) is 0.263. The third kappa shape index (κ3) is 4.66. The number of hydrogen-bond acceptors (Lipinski definition) is 7. The van der Waals surface area contributed by atoms with Crippen molar-refractivity contribution in [1.29, 1.82) is 0 Å². The molecule has 0 aliphatic heterocycles. The molecule has 7 nitrogen and oxygen atoms in total. The smallest absolute Gasteiger partial charge is 0.247 e. The van der Waals surface area contributed by atoms with E-state index in [-0.39, 0.29) is 0 Å². The first kappa shape index (κ1) is 17.6. The normalized spacial score (nSPS) is 10.4. The molecule has 0 unspecified atom stereocenters. The molecule has 0 radical (unpaired) electrons. The Morgan fingerprint density at radius 1 is 0.962 bits per heavy atom. The van der Waals surface area contributed by atoms with Crippen LogP contribution >= 0.6 is 0 Å². The van der Waals surface area contributed by atoms with Gasteiger partial charge < -0.3 is 15.1 Å². The number of likely N-dealkylation sites (N-methyl/N-ethyl adjacent to an activating group) is 1. The molecule has 2 aromatic heterocycles. The van der Waals surface area contributed by atoms with Crippen molar-refractivity contribution in [1.82, 2.24) is 20.2 Å². The van der Waals surface area contributed by atoms with Crippen molar-refractivity contribution in [3.8, 4) is 0 Å². The standard InChI is InChI=1S/C19H23N7/c1-25(2)17-6-4-16(5-7-17)22-18-14-21-24-19(23-18)26(3)13-10-15-8-11-20-12-9-15/h4-9,11-12,14H,10,13H2,1-3H3,(H,22,23,24). The lowest BCUT2D eigenvalue weighted by molar-refractivity contribution is 0.812. The first-order chi connectivity index (χ1) is 12.6. The Balaban J connectivity index is 1.63. The zero-order chi connectivity index (χ0) is 18.4. The summed E-state index contributed by atoms with van der Waals surface area (Å²) in [6, 6.07) is 12.2. The lowest BCUT2D eigenvalue weighted by Gasteiger charge is -2.17. The molecule has 0 spiro atoms. The maximum atomic E-state index is 4.56. The number of hydrogen-bond donors (Lipinski definition) is 1. The second kappa shape index (κ2) is 8.24. The molecule has 1 aromatic carbocycles. The lowest BCUT2D eigenvalue weighted by atomic mass is 10.2. The summed E-state index contributed by atoms with van der Waals surface area (Å²) in [7, 11) is 6.00. The number of pyridine rings is 1. The average molecular weight is 349 g/mol. The molecule has 26 heavy (non-hydrogen) atoms. The zero-order valence-corrected chi connectivity index (χ0v) is 15.3. The fourth-order valence-corrected chi connectivity index (χ4v) is 2.45. The largest absolute Gasteiger partial charge is 0.378 e. The molecule has 134 valence electrons. The van der Waals surface area contributed by atoms with E-state index in [2.05, 4.69) is 42.5 Å². The van der Waals surface area contributed by atoms with Crippen LogP contribution in [0.5, 0.6) is 0 Å². The summed E-state index contributed by atoms with van der Waals surface area (Å²) in [4.78, 5) is 12.6. The van der Waals surface area contributed by atoms with Gasteiger partial charge in [-0.05, 0) is 48.4 Å². The highest BCUT2D eigenvalue weighted by Crippen LogP contribution is 2.19. The van der Waals surface area contributed by atoms with Crippen LogP contribution in [0.3, 0.4) is 0 Å². The molecule has 0 amide bonds. The fourth-order valence-electron chi connectivity index (χ4n) is 2.45. The van der Waals surface area contributed by atoms with Crippen LogP contribution in [0.1, 0.15) is 5.56 Å². The van der Waals surface area contributed by atoms with E-state index in [1.165, 1.54) is 5.56 Å². The van der Waals surface area contributed by atoms with E-state index >= 15 is 0 Å². The van der Waals surface area contributed by atoms with Crippen molar-refractivity contribution in [2.45, 2.75) is 6.42 Å². The molecule has 0 aliphatic carbocycles. The highest BCUT2D eigenvalue weighted by atomic mass is 15.3. The molecule has 0 saturated carbocycles. The summed E-state index contributed by atoms with van der Waals surface area (Å²) >= 11 is 0. The number of nitrogens with one attached hydrogen (secondary N) is 1. The first-order valence-corrected chi connectivity index (χ1v) is 8.46. The van der Waals surface area contributed by atoms with E-state index in [0.29, 0.717) is 11.8 Å². The minimum atomic E-state index is 0.592. The van der Waals surface area contributed by atoms with Gasteiger partial charge in [0, 0.05) is 51.5 Å². The number of aromatic nitrogens is 4. The van der Waals surface area contributed by atoms with Gasteiger partial charge in [-0.3, -0.25) is 4.98 Å². The topological polar surface area (TPSA) is 70.1 Å². The van der Waals surface area contributed by atoms with Crippen molar-refractivity contribution in [3.63, 3.8) is 0 Å². The predicted molar refractivity (Wildman–Crippen MR) is 105 cm³/mol. The Morgan fingerprint density at radius 3 is 2.38 bits per heavy atom. The van der Waals surface area contributed by atoms with Gasteiger partial charge in [-0.2, -0.15) is 10.1 Å². The Labute approximate surface area is 153 Å². The van der Waals surface area contributed by atoms with Crippen LogP contribution in [-0.2, 0) is 6.42 Å². The van der Waals surface area contributed by atoms with Crippen LogP contribution in [0, 0.1) is 0 Å². The molecule has 3 rings (SSSR count). The van der Waals surface area contributed by atoms with Crippen LogP contribution < -0.4 is 15.1 Å². The lowest BCUT2D eigenvalue weighted by Crippen LogP contribution is -2.23. The first-order valence-electron chi connectivity index (χ1n) is 8.46. The Morgan fingerprint density at radius 2 is 1.69 bits per heavy atom. The molecule has 2 heterocycles. The average Bonchev–Trinajstić information content (AvgIpc) is 2.67. The van der Waals surface area contributed by atoms with Crippen LogP contribution in [0.4, 0.5) is 23.1 Å². The number of anilines is 4. The Hall–Kier alpha value is -3.22. The summed E-state index contributed by atoms with van der Waals surface area (Å²) < 4.78 is 0. The van der Waals surface area contributed by atoms with Gasteiger partial charge in [-0.1, -0.05) is 0 Å². The van der Waals surface area contributed by atoms with Crippen LogP contribution in [0.25, 0.3) is 0 Å². The number of rotatable bonds is 7. The Kier molecular flexibility index (Phi) is 5.58. The van der Waals surface area contributed by atoms with Gasteiger partial charge >= 0.3 is 0 Å². The van der Waals surface area contributed by atoms with Gasteiger partial charge in [0.15, 0.2) is 5.82 Å². The van der Waals surface area contributed by atoms with E-state index in [1.807, 2.05) is 50.3 Å². The van der Waals surface area contributed by atoms with Gasteiger partial charge in [-0.15, -0.1) is 5.10 Å². The molecule has 3 aromatic rings. The number of benzene rings is 1. The van der Waals surface area contributed by atoms with E-state index in [4.69, 9.17) is 0 Å². The van der Waals surface area contributed by atoms with Gasteiger partial charge in [0.2, 0.25) is 5.95 Å². The minimum absolute atomic E-state index is 0.592. The maximum absolute atomic E-state index is 4.56. The van der Waals surface area contributed by atoms with Gasteiger partial charge in [-0.25, -0.2) is 0 Å². The van der Waals surface area contributed by atoms with E-state index in [1.54, 1.807) is 18.6 Å². The summed E-state index contributed by atoms with van der Waals surface area (Å²) in [6.45, 7) is 0.798. The molecule has 1 N–H and O–H groups in total. The monoisotopic (exact) mass is 349 g/mol. The molecule has 0 bridgehead atoms. The van der Waals surface area contributed by atoms with Crippen LogP contribution in [0.2, 0.25) is 0 Å². The van der Waals surface area contributed by atoms with Crippen molar-refractivity contribution in [2.75, 3.05) is 42.8 Å². The highest BCUT2D eigenvalue weighted by molar-refractivity contribution is 5.60. The molecular weight excluding hydrogens is 326 g/mol. The van der Waals surface area contributed by atoms with Crippen LogP contribution in [0.15, 0.2) is 55.0 Å². The third-order valence-corrected chi connectivity index (χ3v) is 4.03. The molecule has 0 atom stereocenters. The SMILES string of the molecule is CN(C)c1ccc(Nc2cnnc(N(C)CCc3ccncc3)n2)cc1. The maximum Gasteiger partial charge on any atom is 0.247 e. The number of nitrogens with zero attached hydrogens (tertiary/aromatic N) is 6. The predicted octanol–water partition coefficient (Wildman–Crippen LogP) is 2.76. The van der Waals surface area contributed by atoms with Crippen molar-refractivity contribution >= 4 is 23.1 Å². The molecule has 0 fully saturated rings. The molecule has 0 aliphatic rings. The quantitative estimate of drug-likeness (QED) is 0.703. The summed E-state index contributed by atoms with van der Waals surface area (Å²) in [5, 5.41) is 11.5. The van der Waals surface area contributed by atoms with Crippen molar-refractivity contribution < 1.29 is 0 Å². The van der Waals surface area contributed by atoms with E-state index in [9.17, 15) is 0 Å².